The molecule has 6 atom stereocenters. The number of carbonyl (C=O) groups excluding carboxylic acids is 5. The van der Waals surface area contributed by atoms with E-state index in [-0.39, 0.29) is 13.2 Å². The second-order valence-corrected chi connectivity index (χ2v) is 6.86. The van der Waals surface area contributed by atoms with Crippen LogP contribution in [0.2, 0.25) is 0 Å². The number of esters is 5. The Morgan fingerprint density at radius 1 is 0.806 bits per heavy atom. The van der Waals surface area contributed by atoms with Crippen molar-refractivity contribution in [2.45, 2.75) is 77.3 Å². The van der Waals surface area contributed by atoms with Crippen molar-refractivity contribution < 1.29 is 57.1 Å². The Bertz CT molecular complexity index is 733. The molecule has 0 amide bonds. The van der Waals surface area contributed by atoms with E-state index in [4.69, 9.17) is 33.2 Å². The van der Waals surface area contributed by atoms with Crippen LogP contribution in [0.4, 0.5) is 0 Å². The largest absolute Gasteiger partial charge is 0.466 e. The van der Waals surface area contributed by atoms with Gasteiger partial charge in [0.05, 0.1) is 19.6 Å². The third-order valence-electron chi connectivity index (χ3n) is 4.52. The maximum atomic E-state index is 12.9. The molecule has 174 valence electrons. The van der Waals surface area contributed by atoms with Gasteiger partial charge in [0.2, 0.25) is 11.9 Å². The highest BCUT2D eigenvalue weighted by molar-refractivity contribution is 5.88. The number of rotatable bonds is 8. The topological polar surface area (TPSA) is 150 Å². The molecule has 0 aliphatic carbocycles. The van der Waals surface area contributed by atoms with Crippen LogP contribution in [0.25, 0.3) is 0 Å². The van der Waals surface area contributed by atoms with Crippen LogP contribution in [-0.2, 0) is 57.1 Å². The fourth-order valence-electron chi connectivity index (χ4n) is 3.58. The van der Waals surface area contributed by atoms with Crippen LogP contribution < -0.4 is 0 Å². The molecule has 0 radical (unpaired) electrons. The lowest BCUT2D eigenvalue weighted by Crippen LogP contribution is -2.55. The molecule has 12 nitrogen and oxygen atoms in total. The summed E-state index contributed by atoms with van der Waals surface area (Å²) in [5.41, 5.74) is -2.12. The molecule has 12 heteroatoms. The van der Waals surface area contributed by atoms with Gasteiger partial charge >= 0.3 is 29.8 Å². The Morgan fingerprint density at radius 3 is 1.90 bits per heavy atom. The predicted molar refractivity (Wildman–Crippen MR) is 97.0 cm³/mol. The predicted octanol–water partition coefficient (Wildman–Crippen LogP) is -0.208. The van der Waals surface area contributed by atoms with Crippen LogP contribution in [0.1, 0.15) is 41.0 Å². The van der Waals surface area contributed by atoms with Gasteiger partial charge in [0, 0.05) is 20.8 Å². The van der Waals surface area contributed by atoms with E-state index in [9.17, 15) is 24.0 Å². The summed E-state index contributed by atoms with van der Waals surface area (Å²) in [6.45, 7) is 6.43. The zero-order chi connectivity index (χ0) is 23.3. The van der Waals surface area contributed by atoms with Crippen LogP contribution in [0, 0.1) is 0 Å². The minimum Gasteiger partial charge on any atom is -0.466 e. The average Bonchev–Trinajstić information content (AvgIpc) is 3.10. The molecular weight excluding hydrogens is 420 g/mol. The average molecular weight is 446 g/mol. The Labute approximate surface area is 178 Å². The molecule has 0 aromatic rings. The monoisotopic (exact) mass is 446 g/mol. The van der Waals surface area contributed by atoms with Gasteiger partial charge in [-0.1, -0.05) is 0 Å². The summed E-state index contributed by atoms with van der Waals surface area (Å²) < 4.78 is 37.1. The van der Waals surface area contributed by atoms with Crippen molar-refractivity contribution in [2.75, 3.05) is 13.2 Å². The molecular formula is C19H26O12. The van der Waals surface area contributed by atoms with Gasteiger partial charge < -0.3 is 33.2 Å². The molecule has 1 unspecified atom stereocenters. The first-order valence-electron chi connectivity index (χ1n) is 9.73. The zero-order valence-corrected chi connectivity index (χ0v) is 17.9. The number of carbonyl (C=O) groups is 5. The summed E-state index contributed by atoms with van der Waals surface area (Å²) in [6.07, 6.45) is -7.22. The van der Waals surface area contributed by atoms with Gasteiger partial charge in [-0.15, -0.1) is 0 Å². The summed E-state index contributed by atoms with van der Waals surface area (Å²) in [4.78, 5) is 60.1. The van der Waals surface area contributed by atoms with E-state index in [0.717, 1.165) is 20.8 Å². The molecule has 0 aromatic carbocycles. The number of hydrogen-bond acceptors (Lipinski definition) is 12. The maximum absolute atomic E-state index is 12.9. The van der Waals surface area contributed by atoms with Crippen molar-refractivity contribution in [3.8, 4) is 0 Å². The second-order valence-electron chi connectivity index (χ2n) is 6.86. The van der Waals surface area contributed by atoms with Crippen molar-refractivity contribution in [3.05, 3.63) is 0 Å². The molecule has 2 fully saturated rings. The number of ether oxygens (including phenoxy) is 7. The van der Waals surface area contributed by atoms with Crippen molar-refractivity contribution in [3.63, 3.8) is 0 Å². The van der Waals surface area contributed by atoms with E-state index in [1.54, 1.807) is 13.8 Å². The van der Waals surface area contributed by atoms with E-state index in [2.05, 4.69) is 0 Å². The molecule has 2 heterocycles. The summed E-state index contributed by atoms with van der Waals surface area (Å²) in [7, 11) is 0. The SMILES string of the molecule is CCOC(=O)C[C@@]1(C(=O)OCC)O[C@H]2[C@H](OC(OC(C)=O)[C@@H]2OC(C)=O)[C@@H]1OC(C)=O. The minimum absolute atomic E-state index is 0.0317. The summed E-state index contributed by atoms with van der Waals surface area (Å²) in [6, 6.07) is 0. The maximum Gasteiger partial charge on any atom is 0.343 e. The van der Waals surface area contributed by atoms with Crippen molar-refractivity contribution in [1.29, 1.82) is 0 Å². The highest BCUT2D eigenvalue weighted by atomic mass is 16.8. The van der Waals surface area contributed by atoms with Crippen LogP contribution in [-0.4, -0.2) is 79.4 Å². The zero-order valence-electron chi connectivity index (χ0n) is 17.9. The van der Waals surface area contributed by atoms with Gasteiger partial charge in [-0.25, -0.2) is 4.79 Å². The van der Waals surface area contributed by atoms with Gasteiger partial charge in [-0.05, 0) is 13.8 Å². The Hall–Kier alpha value is -2.73. The Balaban J connectivity index is 2.50. The van der Waals surface area contributed by atoms with Gasteiger partial charge in [0.1, 0.15) is 12.2 Å². The highest BCUT2D eigenvalue weighted by Gasteiger charge is 2.70. The molecule has 31 heavy (non-hydrogen) atoms. The molecule has 0 saturated carbocycles. The van der Waals surface area contributed by atoms with E-state index >= 15 is 0 Å². The normalized spacial score (nSPS) is 31.3. The lowest BCUT2D eigenvalue weighted by Gasteiger charge is -2.33. The first-order valence-corrected chi connectivity index (χ1v) is 9.73. The third-order valence-corrected chi connectivity index (χ3v) is 4.52. The van der Waals surface area contributed by atoms with Crippen LogP contribution >= 0.6 is 0 Å². The molecule has 2 aliphatic heterocycles. The quantitative estimate of drug-likeness (QED) is 0.358. The van der Waals surface area contributed by atoms with E-state index in [1.807, 2.05) is 0 Å². The highest BCUT2D eigenvalue weighted by Crippen LogP contribution is 2.46. The van der Waals surface area contributed by atoms with Gasteiger partial charge in [0.25, 0.3) is 0 Å². The van der Waals surface area contributed by atoms with E-state index in [1.165, 1.54) is 0 Å². The summed E-state index contributed by atoms with van der Waals surface area (Å²) in [5.74, 6) is -4.06. The lowest BCUT2D eigenvalue weighted by molar-refractivity contribution is -0.224. The molecule has 0 spiro atoms. The lowest BCUT2D eigenvalue weighted by atomic mass is 9.90. The molecule has 0 aromatic heterocycles. The minimum atomic E-state index is -2.12. The smallest absolute Gasteiger partial charge is 0.343 e. The molecule has 2 saturated heterocycles. The molecule has 0 bridgehead atoms. The molecule has 2 aliphatic rings. The van der Waals surface area contributed by atoms with Crippen molar-refractivity contribution in [2.24, 2.45) is 0 Å². The molecule has 0 N–H and O–H groups in total. The third kappa shape index (κ3) is 5.31. The van der Waals surface area contributed by atoms with E-state index < -0.39 is 72.6 Å². The summed E-state index contributed by atoms with van der Waals surface area (Å²) in [5, 5.41) is 0. The van der Waals surface area contributed by atoms with Gasteiger partial charge in [-0.2, -0.15) is 0 Å². The van der Waals surface area contributed by atoms with Crippen molar-refractivity contribution in [1.82, 2.24) is 0 Å². The van der Waals surface area contributed by atoms with Crippen molar-refractivity contribution >= 4 is 29.8 Å². The van der Waals surface area contributed by atoms with Crippen LogP contribution in [0.3, 0.4) is 0 Å². The Kier molecular flexibility index (Phi) is 7.96. The second kappa shape index (κ2) is 10.1. The molecule has 2 rings (SSSR count). The fourth-order valence-corrected chi connectivity index (χ4v) is 3.58. The Morgan fingerprint density at radius 2 is 1.39 bits per heavy atom. The standard InChI is InChI=1S/C19H26O12/c1-6-25-12(23)8-19(18(24)26-7-2)16(28-10(4)21)14-13(31-19)15(27-9(3)20)17(30-14)29-11(5)22/h13-17H,6-8H2,1-5H3/t13-,14-,15+,16-,17?,19+/m0/s1. The first kappa shape index (κ1) is 24.5. The van der Waals surface area contributed by atoms with Gasteiger partial charge in [0.15, 0.2) is 12.2 Å². The van der Waals surface area contributed by atoms with Crippen LogP contribution in [0.5, 0.6) is 0 Å². The first-order chi connectivity index (χ1) is 14.5. The van der Waals surface area contributed by atoms with E-state index in [0.29, 0.717) is 0 Å². The fraction of sp³-hybridized carbons (Fsp3) is 0.737. The number of hydrogen-bond donors (Lipinski definition) is 0. The summed E-state index contributed by atoms with van der Waals surface area (Å²) >= 11 is 0. The van der Waals surface area contributed by atoms with Gasteiger partial charge in [-0.3, -0.25) is 19.2 Å². The van der Waals surface area contributed by atoms with Crippen LogP contribution in [0.15, 0.2) is 0 Å². The number of fused-ring (bicyclic) bond motifs is 1.